The van der Waals surface area contributed by atoms with E-state index in [1.165, 1.54) is 19.5 Å². The van der Waals surface area contributed by atoms with E-state index in [2.05, 4.69) is 36.5 Å². The van der Waals surface area contributed by atoms with Gasteiger partial charge in [0, 0.05) is 34.2 Å². The number of likely N-dealkylation sites (N-methyl/N-ethyl adjacent to an activating group) is 1. The zero-order valence-corrected chi connectivity index (χ0v) is 23.7. The summed E-state index contributed by atoms with van der Waals surface area (Å²) in [4.78, 5) is 23.2. The largest absolute Gasteiger partial charge is 0.494 e. The standard InChI is InChI=1S/C25H31BrN5O5P/c1-5-35-37(33,36-6-2)17-31(3)12-8-11-24(32)30-22-14-20-21(15-23(22)34-4)27-16-28-25(20)29-19-10-7-9-18(26)13-19/h7-11,13-16H,5-6,12,17H2,1-4H3,(H,30,32)(H,27,28,29). The van der Waals surface area contributed by atoms with Crippen LogP contribution < -0.4 is 15.4 Å². The fourth-order valence-corrected chi connectivity index (χ4v) is 5.66. The molecule has 3 rings (SSSR count). The summed E-state index contributed by atoms with van der Waals surface area (Å²) in [5, 5.41) is 6.86. The molecule has 0 aliphatic carbocycles. The molecule has 12 heteroatoms. The maximum atomic E-state index is 12.7. The van der Waals surface area contributed by atoms with E-state index in [0.717, 1.165) is 10.2 Å². The average molecular weight is 592 g/mol. The van der Waals surface area contributed by atoms with Crippen molar-refractivity contribution < 1.29 is 23.1 Å². The number of anilines is 3. The first kappa shape index (κ1) is 28.7. The molecule has 2 aromatic carbocycles. The Labute approximate surface area is 225 Å². The molecule has 2 N–H and O–H groups in total. The van der Waals surface area contributed by atoms with E-state index in [4.69, 9.17) is 13.8 Å². The fourth-order valence-electron chi connectivity index (χ4n) is 3.53. The zero-order chi connectivity index (χ0) is 26.8. The zero-order valence-electron chi connectivity index (χ0n) is 21.2. The molecule has 0 saturated carbocycles. The number of fused-ring (bicyclic) bond motifs is 1. The number of hydrogen-bond donors (Lipinski definition) is 2. The first-order chi connectivity index (χ1) is 17.8. The highest BCUT2D eigenvalue weighted by molar-refractivity contribution is 9.10. The number of aromatic nitrogens is 2. The van der Waals surface area contributed by atoms with Gasteiger partial charge in [0.05, 0.1) is 31.5 Å². The Kier molecular flexibility index (Phi) is 10.6. The minimum atomic E-state index is -3.21. The number of ether oxygens (including phenoxy) is 1. The average Bonchev–Trinajstić information content (AvgIpc) is 2.84. The lowest BCUT2D eigenvalue weighted by molar-refractivity contribution is -0.111. The number of methoxy groups -OCH3 is 1. The molecule has 198 valence electrons. The molecule has 0 aliphatic heterocycles. The van der Waals surface area contributed by atoms with Gasteiger partial charge in [-0.05, 0) is 45.2 Å². The topological polar surface area (TPSA) is 115 Å². The molecule has 0 radical (unpaired) electrons. The van der Waals surface area contributed by atoms with Crippen LogP contribution in [0.15, 0.2) is 59.4 Å². The van der Waals surface area contributed by atoms with Crippen molar-refractivity contribution in [2.24, 2.45) is 0 Å². The highest BCUT2D eigenvalue weighted by Gasteiger charge is 2.25. The lowest BCUT2D eigenvalue weighted by Gasteiger charge is -2.22. The summed E-state index contributed by atoms with van der Waals surface area (Å²) < 4.78 is 29.7. The van der Waals surface area contributed by atoms with Crippen molar-refractivity contribution in [1.29, 1.82) is 0 Å². The third-order valence-corrected chi connectivity index (χ3v) is 7.68. The monoisotopic (exact) mass is 591 g/mol. The Balaban J connectivity index is 1.73. The molecule has 3 aromatic rings. The number of rotatable bonds is 13. The van der Waals surface area contributed by atoms with E-state index in [1.807, 2.05) is 24.3 Å². The number of nitrogens with zero attached hydrogens (tertiary/aromatic N) is 3. The quantitative estimate of drug-likeness (QED) is 0.188. The van der Waals surface area contributed by atoms with Gasteiger partial charge >= 0.3 is 7.60 Å². The molecule has 0 saturated heterocycles. The van der Waals surface area contributed by atoms with Gasteiger partial charge in [-0.2, -0.15) is 0 Å². The maximum Gasteiger partial charge on any atom is 0.344 e. The van der Waals surface area contributed by atoms with Crippen LogP contribution in [0.5, 0.6) is 5.75 Å². The second kappa shape index (κ2) is 13.6. The molecule has 10 nitrogen and oxygen atoms in total. The van der Waals surface area contributed by atoms with Gasteiger partial charge in [0.15, 0.2) is 0 Å². The van der Waals surface area contributed by atoms with E-state index in [9.17, 15) is 9.36 Å². The van der Waals surface area contributed by atoms with E-state index < -0.39 is 7.60 Å². The van der Waals surface area contributed by atoms with Crippen LogP contribution in [0, 0.1) is 0 Å². The lowest BCUT2D eigenvalue weighted by atomic mass is 10.2. The molecule has 1 heterocycles. The summed E-state index contributed by atoms with van der Waals surface area (Å²) in [7, 11) is 0.0964. The van der Waals surface area contributed by atoms with Gasteiger partial charge in [0.1, 0.15) is 24.2 Å². The molecule has 1 amide bonds. The Bertz CT molecular complexity index is 1300. The third-order valence-electron chi connectivity index (χ3n) is 5.05. The van der Waals surface area contributed by atoms with E-state index in [0.29, 0.717) is 47.9 Å². The molecule has 0 atom stereocenters. The second-order valence-electron chi connectivity index (χ2n) is 7.95. The summed E-state index contributed by atoms with van der Waals surface area (Å²) in [5.41, 5.74) is 1.98. The predicted octanol–water partition coefficient (Wildman–Crippen LogP) is 5.79. The molecule has 1 aromatic heterocycles. The van der Waals surface area contributed by atoms with E-state index in [-0.39, 0.29) is 12.2 Å². The minimum absolute atomic E-state index is 0.118. The van der Waals surface area contributed by atoms with E-state index in [1.54, 1.807) is 44.0 Å². The molecule has 0 fully saturated rings. The Morgan fingerprint density at radius 1 is 1.16 bits per heavy atom. The normalized spacial score (nSPS) is 11.8. The Morgan fingerprint density at radius 3 is 2.59 bits per heavy atom. The smallest absolute Gasteiger partial charge is 0.344 e. The predicted molar refractivity (Wildman–Crippen MR) is 150 cm³/mol. The van der Waals surface area contributed by atoms with Crippen molar-refractivity contribution in [3.63, 3.8) is 0 Å². The van der Waals surface area contributed by atoms with Gasteiger partial charge in [0.25, 0.3) is 0 Å². The van der Waals surface area contributed by atoms with Crippen LogP contribution in [0.1, 0.15) is 13.8 Å². The molecular formula is C25H31BrN5O5P. The van der Waals surface area contributed by atoms with Gasteiger partial charge < -0.3 is 24.4 Å². The second-order valence-corrected chi connectivity index (χ2v) is 10.9. The first-order valence-electron chi connectivity index (χ1n) is 11.7. The third kappa shape index (κ3) is 8.34. The van der Waals surface area contributed by atoms with Crippen molar-refractivity contribution in [2.45, 2.75) is 13.8 Å². The van der Waals surface area contributed by atoms with Crippen LogP contribution in [0.4, 0.5) is 17.2 Å². The van der Waals surface area contributed by atoms with Gasteiger partial charge in [-0.15, -0.1) is 0 Å². The van der Waals surface area contributed by atoms with Crippen LogP contribution in [-0.2, 0) is 18.4 Å². The van der Waals surface area contributed by atoms with Crippen LogP contribution in [0.25, 0.3) is 10.9 Å². The number of halogens is 1. The fraction of sp³-hybridized carbons (Fsp3) is 0.320. The molecular weight excluding hydrogens is 561 g/mol. The molecule has 0 bridgehead atoms. The van der Waals surface area contributed by atoms with Crippen molar-refractivity contribution >= 4 is 57.5 Å². The summed E-state index contributed by atoms with van der Waals surface area (Å²) >= 11 is 3.47. The van der Waals surface area contributed by atoms with Gasteiger partial charge in [-0.25, -0.2) is 9.97 Å². The van der Waals surface area contributed by atoms with Crippen molar-refractivity contribution in [2.75, 3.05) is 50.8 Å². The molecule has 0 spiro atoms. The van der Waals surface area contributed by atoms with Gasteiger partial charge in [0.2, 0.25) is 5.91 Å². The number of benzene rings is 2. The Morgan fingerprint density at radius 2 is 1.92 bits per heavy atom. The number of carbonyl (C=O) groups excluding carboxylic acids is 1. The van der Waals surface area contributed by atoms with Crippen LogP contribution in [-0.4, -0.2) is 61.0 Å². The Hall–Kier alpha value is -2.82. The number of amides is 1. The highest BCUT2D eigenvalue weighted by Crippen LogP contribution is 2.48. The van der Waals surface area contributed by atoms with Crippen molar-refractivity contribution in [3.8, 4) is 5.75 Å². The number of hydrogen-bond acceptors (Lipinski definition) is 9. The minimum Gasteiger partial charge on any atom is -0.494 e. The molecule has 0 unspecified atom stereocenters. The van der Waals surface area contributed by atoms with Crippen LogP contribution in [0.3, 0.4) is 0 Å². The molecule has 37 heavy (non-hydrogen) atoms. The molecule has 0 aliphatic rings. The van der Waals surface area contributed by atoms with Crippen molar-refractivity contribution in [3.05, 3.63) is 59.4 Å². The lowest BCUT2D eigenvalue weighted by Crippen LogP contribution is -2.22. The highest BCUT2D eigenvalue weighted by atomic mass is 79.9. The van der Waals surface area contributed by atoms with Gasteiger partial charge in [-0.1, -0.05) is 28.1 Å². The summed E-state index contributed by atoms with van der Waals surface area (Å²) in [5.74, 6) is 0.710. The van der Waals surface area contributed by atoms with Gasteiger partial charge in [-0.3, -0.25) is 14.3 Å². The summed E-state index contributed by atoms with van der Waals surface area (Å²) in [6.45, 7) is 4.50. The maximum absolute atomic E-state index is 12.7. The number of nitrogens with one attached hydrogen (secondary N) is 2. The van der Waals surface area contributed by atoms with E-state index >= 15 is 0 Å². The van der Waals surface area contributed by atoms with Crippen molar-refractivity contribution in [1.82, 2.24) is 14.9 Å². The number of carbonyl (C=O) groups is 1. The first-order valence-corrected chi connectivity index (χ1v) is 14.2. The van der Waals surface area contributed by atoms with Crippen LogP contribution >= 0.6 is 23.5 Å². The SMILES string of the molecule is CCOP(=O)(CN(C)CC=CC(=O)Nc1cc2c(Nc3cccc(Br)c3)ncnc2cc1OC)OCC. The van der Waals surface area contributed by atoms with Crippen LogP contribution in [0.2, 0.25) is 0 Å². The summed E-state index contributed by atoms with van der Waals surface area (Å²) in [6, 6.07) is 11.2. The summed E-state index contributed by atoms with van der Waals surface area (Å²) in [6.07, 6.45) is 4.67.